The van der Waals surface area contributed by atoms with E-state index in [9.17, 15) is 13.2 Å². The number of fused-ring (bicyclic) bond motifs is 1. The molecule has 0 unspecified atom stereocenters. The average Bonchev–Trinajstić information content (AvgIpc) is 3.08. The van der Waals surface area contributed by atoms with Gasteiger partial charge in [-0.05, 0) is 54.4 Å². The van der Waals surface area contributed by atoms with Crippen molar-refractivity contribution >= 4 is 22.5 Å². The number of para-hydroxylation sites is 1. The van der Waals surface area contributed by atoms with E-state index in [0.29, 0.717) is 22.8 Å². The van der Waals surface area contributed by atoms with Crippen molar-refractivity contribution in [1.82, 2.24) is 19.7 Å². The number of hydrogen-bond donors (Lipinski definition) is 0. The quantitative estimate of drug-likeness (QED) is 0.418. The van der Waals surface area contributed by atoms with Crippen LogP contribution in [0.25, 0.3) is 16.6 Å². The van der Waals surface area contributed by atoms with E-state index in [-0.39, 0.29) is 11.9 Å². The standard InChI is InChI=1S/C20H14ClF3N4O/c1-12-10-17(20(22,23)24)27-28(12)14-8-6-13(7-9-14)11-29-18-15-4-2-3-5-16(15)25-19(21)26-18/h2-10H,11H2,1H3. The highest BCUT2D eigenvalue weighted by Gasteiger charge is 2.34. The molecule has 0 atom stereocenters. The van der Waals surface area contributed by atoms with Gasteiger partial charge in [-0.1, -0.05) is 24.3 Å². The third kappa shape index (κ3) is 4.02. The predicted octanol–water partition coefficient (Wildman–Crippen LogP) is 5.38. The van der Waals surface area contributed by atoms with E-state index in [0.717, 1.165) is 17.0 Å². The molecule has 0 fully saturated rings. The number of benzene rings is 2. The summed E-state index contributed by atoms with van der Waals surface area (Å²) in [6.45, 7) is 1.78. The molecule has 29 heavy (non-hydrogen) atoms. The summed E-state index contributed by atoms with van der Waals surface area (Å²) in [5.74, 6) is 0.363. The van der Waals surface area contributed by atoms with E-state index < -0.39 is 11.9 Å². The number of rotatable bonds is 4. The zero-order valence-corrected chi connectivity index (χ0v) is 15.9. The van der Waals surface area contributed by atoms with Crippen LogP contribution in [-0.2, 0) is 12.8 Å². The van der Waals surface area contributed by atoms with Crippen LogP contribution in [0.2, 0.25) is 5.28 Å². The van der Waals surface area contributed by atoms with Gasteiger partial charge >= 0.3 is 6.18 Å². The van der Waals surface area contributed by atoms with Crippen LogP contribution in [0.5, 0.6) is 5.88 Å². The van der Waals surface area contributed by atoms with Crippen LogP contribution in [0.3, 0.4) is 0 Å². The Morgan fingerprint density at radius 3 is 2.45 bits per heavy atom. The van der Waals surface area contributed by atoms with Crippen molar-refractivity contribution in [2.75, 3.05) is 0 Å². The fourth-order valence-corrected chi connectivity index (χ4v) is 3.06. The lowest BCUT2D eigenvalue weighted by Crippen LogP contribution is -2.07. The molecule has 4 rings (SSSR count). The topological polar surface area (TPSA) is 52.8 Å². The number of aryl methyl sites for hydroxylation is 1. The Labute approximate surface area is 168 Å². The van der Waals surface area contributed by atoms with Crippen LogP contribution in [0.1, 0.15) is 17.0 Å². The first-order valence-electron chi connectivity index (χ1n) is 8.59. The van der Waals surface area contributed by atoms with Crippen LogP contribution >= 0.6 is 11.6 Å². The van der Waals surface area contributed by atoms with Gasteiger partial charge in [-0.3, -0.25) is 0 Å². The summed E-state index contributed by atoms with van der Waals surface area (Å²) >= 11 is 5.95. The van der Waals surface area contributed by atoms with Crippen molar-refractivity contribution in [3.8, 4) is 11.6 Å². The van der Waals surface area contributed by atoms with Gasteiger partial charge < -0.3 is 4.74 Å². The largest absolute Gasteiger partial charge is 0.472 e. The van der Waals surface area contributed by atoms with Gasteiger partial charge in [-0.2, -0.15) is 23.3 Å². The van der Waals surface area contributed by atoms with Crippen LogP contribution < -0.4 is 4.74 Å². The highest BCUT2D eigenvalue weighted by molar-refractivity contribution is 6.28. The van der Waals surface area contributed by atoms with Crippen molar-refractivity contribution < 1.29 is 17.9 Å². The summed E-state index contributed by atoms with van der Waals surface area (Å²) in [5, 5.41) is 4.47. The highest BCUT2D eigenvalue weighted by atomic mass is 35.5. The second-order valence-corrected chi connectivity index (χ2v) is 6.69. The maximum atomic E-state index is 12.8. The molecule has 4 aromatic rings. The summed E-state index contributed by atoms with van der Waals surface area (Å²) in [7, 11) is 0. The Hall–Kier alpha value is -3.13. The second-order valence-electron chi connectivity index (χ2n) is 6.35. The number of alkyl halides is 3. The van der Waals surface area contributed by atoms with Crippen molar-refractivity contribution in [2.45, 2.75) is 19.7 Å². The van der Waals surface area contributed by atoms with Crippen molar-refractivity contribution in [3.05, 3.63) is 76.8 Å². The Bertz CT molecular complexity index is 1170. The number of ether oxygens (including phenoxy) is 1. The molecule has 0 bridgehead atoms. The number of hydrogen-bond acceptors (Lipinski definition) is 4. The summed E-state index contributed by atoms with van der Waals surface area (Å²) in [5.41, 5.74) is 1.48. The summed E-state index contributed by atoms with van der Waals surface area (Å²) in [6, 6.07) is 15.2. The van der Waals surface area contributed by atoms with Gasteiger partial charge in [0.1, 0.15) is 6.61 Å². The molecule has 2 aromatic heterocycles. The minimum absolute atomic E-state index is 0.0867. The molecular formula is C20H14ClF3N4O. The number of halogens is 4. The Balaban J connectivity index is 1.54. The van der Waals surface area contributed by atoms with E-state index in [1.54, 1.807) is 31.2 Å². The third-order valence-electron chi connectivity index (χ3n) is 4.28. The Morgan fingerprint density at radius 2 is 1.76 bits per heavy atom. The summed E-state index contributed by atoms with van der Waals surface area (Å²) in [6.07, 6.45) is -4.48. The smallest absolute Gasteiger partial charge is 0.435 e. The molecule has 0 N–H and O–H groups in total. The van der Waals surface area contributed by atoms with E-state index in [4.69, 9.17) is 16.3 Å². The molecule has 0 radical (unpaired) electrons. The summed E-state index contributed by atoms with van der Waals surface area (Å²) in [4.78, 5) is 8.28. The SMILES string of the molecule is Cc1cc(C(F)(F)F)nn1-c1ccc(COc2nc(Cl)nc3ccccc23)cc1. The highest BCUT2D eigenvalue weighted by Crippen LogP contribution is 2.29. The van der Waals surface area contributed by atoms with Crippen molar-refractivity contribution in [2.24, 2.45) is 0 Å². The summed E-state index contributed by atoms with van der Waals surface area (Å²) < 4.78 is 45.6. The number of aromatic nitrogens is 4. The van der Waals surface area contributed by atoms with Crippen molar-refractivity contribution in [3.63, 3.8) is 0 Å². The second kappa shape index (κ2) is 7.36. The minimum atomic E-state index is -4.48. The maximum Gasteiger partial charge on any atom is 0.435 e. The van der Waals surface area contributed by atoms with Crippen LogP contribution in [0.15, 0.2) is 54.6 Å². The fraction of sp³-hybridized carbons (Fsp3) is 0.150. The van der Waals surface area contributed by atoms with Crippen LogP contribution in [-0.4, -0.2) is 19.7 Å². The van der Waals surface area contributed by atoms with E-state index in [2.05, 4.69) is 15.1 Å². The predicted molar refractivity (Wildman–Crippen MR) is 102 cm³/mol. The molecule has 0 saturated carbocycles. The van der Waals surface area contributed by atoms with E-state index >= 15 is 0 Å². The average molecular weight is 419 g/mol. The molecule has 9 heteroatoms. The molecule has 2 heterocycles. The molecule has 0 aliphatic carbocycles. The normalized spacial score (nSPS) is 11.8. The first-order chi connectivity index (χ1) is 13.8. The molecule has 0 aliphatic heterocycles. The third-order valence-corrected chi connectivity index (χ3v) is 4.44. The van der Waals surface area contributed by atoms with Crippen LogP contribution in [0.4, 0.5) is 13.2 Å². The van der Waals surface area contributed by atoms with Gasteiger partial charge in [0.2, 0.25) is 11.2 Å². The van der Waals surface area contributed by atoms with Gasteiger partial charge in [-0.15, -0.1) is 0 Å². The molecule has 0 amide bonds. The molecule has 5 nitrogen and oxygen atoms in total. The first-order valence-corrected chi connectivity index (χ1v) is 8.97. The molecule has 0 spiro atoms. The minimum Gasteiger partial charge on any atom is -0.472 e. The van der Waals surface area contributed by atoms with E-state index in [1.807, 2.05) is 24.3 Å². The van der Waals surface area contributed by atoms with E-state index in [1.165, 1.54) is 4.68 Å². The Kier molecular flexibility index (Phi) is 4.87. The van der Waals surface area contributed by atoms with Gasteiger partial charge in [0.25, 0.3) is 0 Å². The zero-order valence-electron chi connectivity index (χ0n) is 15.1. The molecule has 148 valence electrons. The first kappa shape index (κ1) is 19.2. The monoisotopic (exact) mass is 418 g/mol. The van der Waals surface area contributed by atoms with Crippen LogP contribution in [0, 0.1) is 6.92 Å². The molecule has 0 saturated heterocycles. The zero-order chi connectivity index (χ0) is 20.6. The molecular weight excluding hydrogens is 405 g/mol. The van der Waals surface area contributed by atoms with Gasteiger partial charge in [0.15, 0.2) is 5.69 Å². The lowest BCUT2D eigenvalue weighted by molar-refractivity contribution is -0.141. The Morgan fingerprint density at radius 1 is 1.03 bits per heavy atom. The fourth-order valence-electron chi connectivity index (χ4n) is 2.89. The lowest BCUT2D eigenvalue weighted by atomic mass is 10.2. The molecule has 2 aromatic carbocycles. The van der Waals surface area contributed by atoms with Gasteiger partial charge in [0, 0.05) is 5.69 Å². The van der Waals surface area contributed by atoms with Gasteiger partial charge in [-0.25, -0.2) is 9.67 Å². The lowest BCUT2D eigenvalue weighted by Gasteiger charge is -2.10. The number of nitrogens with zero attached hydrogens (tertiary/aromatic N) is 4. The van der Waals surface area contributed by atoms with Crippen molar-refractivity contribution in [1.29, 1.82) is 0 Å². The van der Waals surface area contributed by atoms with Gasteiger partial charge in [0.05, 0.1) is 16.6 Å². The maximum absolute atomic E-state index is 12.8. The molecule has 0 aliphatic rings.